The summed E-state index contributed by atoms with van der Waals surface area (Å²) in [6.07, 6.45) is 3.74. The van der Waals surface area contributed by atoms with Gasteiger partial charge in [-0.05, 0) is 24.6 Å². The maximum atomic E-state index is 5.84. The molecule has 16 heavy (non-hydrogen) atoms. The van der Waals surface area contributed by atoms with Gasteiger partial charge in [-0.1, -0.05) is 43.5 Å². The second-order valence-corrected chi connectivity index (χ2v) is 10.7. The predicted molar refractivity (Wildman–Crippen MR) is 83.8 cm³/mol. The molecule has 2 unspecified atom stereocenters. The molecular weight excluding hydrogens is 277 g/mol. The van der Waals surface area contributed by atoms with Crippen molar-refractivity contribution in [2.45, 2.75) is 31.9 Å². The third kappa shape index (κ3) is 5.78. The largest absolute Gasteiger partial charge is 0.326 e. The van der Waals surface area contributed by atoms with Crippen LogP contribution in [0.1, 0.15) is 26.7 Å². The highest BCUT2D eigenvalue weighted by Gasteiger charge is 2.24. The van der Waals surface area contributed by atoms with E-state index in [2.05, 4.69) is 20.4 Å². The van der Waals surface area contributed by atoms with E-state index in [1.807, 2.05) is 17.8 Å². The highest BCUT2D eigenvalue weighted by molar-refractivity contribution is 8.69. The van der Waals surface area contributed by atoms with E-state index in [4.69, 9.17) is 28.5 Å². The van der Waals surface area contributed by atoms with Crippen molar-refractivity contribution in [2.24, 2.45) is 0 Å². The summed E-state index contributed by atoms with van der Waals surface area (Å²) < 4.78 is 7.71. The zero-order valence-corrected chi connectivity index (χ0v) is 13.4. The van der Waals surface area contributed by atoms with Crippen LogP contribution in [0.3, 0.4) is 0 Å². The van der Waals surface area contributed by atoms with Gasteiger partial charge < -0.3 is 9.19 Å². The quantitative estimate of drug-likeness (QED) is 0.272. The summed E-state index contributed by atoms with van der Waals surface area (Å²) in [5.74, 6) is 0. The van der Waals surface area contributed by atoms with Gasteiger partial charge in [0.1, 0.15) is 0 Å². The lowest BCUT2D eigenvalue weighted by molar-refractivity contribution is 0.352. The fourth-order valence-corrected chi connectivity index (χ4v) is 7.50. The van der Waals surface area contributed by atoms with Crippen molar-refractivity contribution in [3.63, 3.8) is 0 Å². The van der Waals surface area contributed by atoms with E-state index in [0.717, 1.165) is 12.8 Å². The Kier molecular flexibility index (Phi) is 8.97. The molecule has 0 N–H and O–H groups in total. The fourth-order valence-electron chi connectivity index (χ4n) is 0.807. The van der Waals surface area contributed by atoms with Crippen molar-refractivity contribution >= 4 is 46.5 Å². The average molecular weight is 297 g/mol. The molecule has 0 amide bonds. The monoisotopic (exact) mass is 297 g/mol. The van der Waals surface area contributed by atoms with Crippen LogP contribution >= 0.6 is 29.2 Å². The zero-order valence-electron chi connectivity index (χ0n) is 10.1. The molecule has 0 saturated heterocycles. The predicted octanol–water partition coefficient (Wildman–Crippen LogP) is 4.22. The third-order valence-corrected chi connectivity index (χ3v) is 9.66. The van der Waals surface area contributed by atoms with E-state index < -0.39 is 5.62 Å². The molecule has 0 aliphatic carbocycles. The molecule has 0 bridgehead atoms. The molecule has 0 aromatic heterocycles. The summed E-state index contributed by atoms with van der Waals surface area (Å²) >= 11 is 12.3. The van der Waals surface area contributed by atoms with Crippen LogP contribution in [-0.2, 0) is 16.3 Å². The number of rotatable bonds is 9. The molecule has 0 saturated carbocycles. The number of hydrogen-bond acceptors (Lipinski definition) is 4. The molecule has 2 nitrogen and oxygen atoms in total. The zero-order chi connectivity index (χ0) is 12.6. The minimum Gasteiger partial charge on any atom is -0.326 e. The number of hydrogen-bond donors (Lipinski definition) is 0. The van der Waals surface area contributed by atoms with Crippen molar-refractivity contribution in [1.82, 2.24) is 4.67 Å². The van der Waals surface area contributed by atoms with Gasteiger partial charge in [0.2, 0.25) is 5.62 Å². The van der Waals surface area contributed by atoms with Gasteiger partial charge in [-0.2, -0.15) is 0 Å². The van der Waals surface area contributed by atoms with Gasteiger partial charge in [0.25, 0.3) is 0 Å². The summed E-state index contributed by atoms with van der Waals surface area (Å²) in [6.45, 7) is 8.61. The van der Waals surface area contributed by atoms with Crippen LogP contribution in [0, 0.1) is 0 Å². The van der Waals surface area contributed by atoms with E-state index in [1.165, 1.54) is 0 Å². The van der Waals surface area contributed by atoms with Gasteiger partial charge >= 0.3 is 0 Å². The molecule has 6 heteroatoms. The fraction of sp³-hybridized carbons (Fsp3) is 0.700. The maximum absolute atomic E-state index is 5.84. The normalized spacial score (nSPS) is 16.2. The molecule has 0 aromatic rings. The molecule has 0 spiro atoms. The molecular formula is C10H20NOPS3. The van der Waals surface area contributed by atoms with Crippen molar-refractivity contribution in [2.75, 3.05) is 13.7 Å². The highest BCUT2D eigenvalue weighted by atomic mass is 32.9. The molecule has 0 radical (unpaired) electrons. The Hall–Kier alpha value is 0.590. The minimum atomic E-state index is -2.04. The Morgan fingerprint density at radius 3 is 2.69 bits per heavy atom. The second-order valence-electron chi connectivity index (χ2n) is 3.38. The van der Waals surface area contributed by atoms with Crippen LogP contribution in [0.2, 0.25) is 0 Å². The molecule has 0 rings (SSSR count). The summed E-state index contributed by atoms with van der Waals surface area (Å²) in [6, 6.07) is 0. The van der Waals surface area contributed by atoms with Crippen LogP contribution in [0.25, 0.3) is 0 Å². The van der Waals surface area contributed by atoms with Gasteiger partial charge in [0.05, 0.1) is 12.1 Å². The van der Waals surface area contributed by atoms with Crippen LogP contribution in [-0.4, -0.2) is 29.1 Å². The van der Waals surface area contributed by atoms with E-state index in [9.17, 15) is 0 Å². The van der Waals surface area contributed by atoms with Crippen molar-refractivity contribution in [3.8, 4) is 0 Å². The van der Waals surface area contributed by atoms with E-state index >= 15 is 0 Å². The van der Waals surface area contributed by atoms with Gasteiger partial charge in [0.15, 0.2) is 0 Å². The first-order chi connectivity index (χ1) is 7.50. The lowest BCUT2D eigenvalue weighted by Gasteiger charge is -2.30. The molecule has 0 aromatic carbocycles. The van der Waals surface area contributed by atoms with E-state index in [1.54, 1.807) is 16.9 Å². The maximum Gasteiger partial charge on any atom is 0.213 e. The van der Waals surface area contributed by atoms with Crippen molar-refractivity contribution in [1.29, 1.82) is 0 Å². The van der Waals surface area contributed by atoms with E-state index in [0.29, 0.717) is 11.9 Å². The Morgan fingerprint density at radius 1 is 1.62 bits per heavy atom. The van der Waals surface area contributed by atoms with Gasteiger partial charge in [0, 0.05) is 12.3 Å². The first kappa shape index (κ1) is 16.6. The minimum absolute atomic E-state index is 0.493. The first-order valence-electron chi connectivity index (χ1n) is 5.22. The standard InChI is InChI=1S/C10H20NOPS3/c1-5-7-8-12-13(15,11(4)9-14)16-10(3)6-2/h5,9-10H,1,6-8H2,2-4H3. The SMILES string of the molecule is C=CCCOP(=S)(SC(C)CC)N(C)C=S. The Labute approximate surface area is 114 Å². The van der Waals surface area contributed by atoms with Crippen LogP contribution in [0.15, 0.2) is 12.7 Å². The molecule has 0 aliphatic rings. The summed E-state index contributed by atoms with van der Waals surface area (Å²) in [4.78, 5) is 0. The molecule has 2 atom stereocenters. The van der Waals surface area contributed by atoms with E-state index in [-0.39, 0.29) is 0 Å². The second kappa shape index (κ2) is 8.65. The Balaban J connectivity index is 4.54. The van der Waals surface area contributed by atoms with Gasteiger partial charge in [-0.3, -0.25) is 0 Å². The lowest BCUT2D eigenvalue weighted by Crippen LogP contribution is -2.13. The van der Waals surface area contributed by atoms with Gasteiger partial charge in [-0.15, -0.1) is 6.58 Å². The summed E-state index contributed by atoms with van der Waals surface area (Å²) in [5, 5.41) is 0.493. The first-order valence-corrected chi connectivity index (χ1v) is 9.85. The summed E-state index contributed by atoms with van der Waals surface area (Å²) in [7, 11) is 1.90. The van der Waals surface area contributed by atoms with Crippen molar-refractivity contribution < 1.29 is 4.52 Å². The Morgan fingerprint density at radius 2 is 2.25 bits per heavy atom. The Bertz CT molecular complexity index is 273. The van der Waals surface area contributed by atoms with Crippen LogP contribution in [0.5, 0.6) is 0 Å². The van der Waals surface area contributed by atoms with Crippen LogP contribution < -0.4 is 0 Å². The smallest absolute Gasteiger partial charge is 0.213 e. The lowest BCUT2D eigenvalue weighted by atomic mass is 10.4. The molecule has 0 heterocycles. The number of thiocarbonyl (C=S) groups is 1. The highest BCUT2D eigenvalue weighted by Crippen LogP contribution is 2.63. The van der Waals surface area contributed by atoms with Crippen molar-refractivity contribution in [3.05, 3.63) is 12.7 Å². The molecule has 94 valence electrons. The average Bonchev–Trinajstić information content (AvgIpc) is 2.28. The topological polar surface area (TPSA) is 12.5 Å². The third-order valence-electron chi connectivity index (χ3n) is 2.00. The molecule has 0 aliphatic heterocycles. The summed E-state index contributed by atoms with van der Waals surface area (Å²) in [5.41, 5.74) is -0.450. The molecule has 0 fully saturated rings. The van der Waals surface area contributed by atoms with Gasteiger partial charge in [-0.25, -0.2) is 0 Å². The van der Waals surface area contributed by atoms with Crippen LogP contribution in [0.4, 0.5) is 0 Å². The number of nitrogens with zero attached hydrogens (tertiary/aromatic N) is 1.